The van der Waals surface area contributed by atoms with Gasteiger partial charge < -0.3 is 9.32 Å². The molecule has 0 N–H and O–H groups in total. The monoisotopic (exact) mass is 219 g/mol. The summed E-state index contributed by atoms with van der Waals surface area (Å²) in [5.74, 6) is 1.35. The molecule has 0 unspecified atom stereocenters. The van der Waals surface area contributed by atoms with Crippen molar-refractivity contribution < 1.29 is 9.21 Å². The molecule has 0 aromatic carbocycles. The Morgan fingerprint density at radius 1 is 1.38 bits per heavy atom. The van der Waals surface area contributed by atoms with Crippen molar-refractivity contribution >= 4 is 5.91 Å². The summed E-state index contributed by atoms with van der Waals surface area (Å²) in [4.78, 5) is 13.8. The van der Waals surface area contributed by atoms with E-state index in [0.717, 1.165) is 5.76 Å². The van der Waals surface area contributed by atoms with E-state index >= 15 is 0 Å². The van der Waals surface area contributed by atoms with Crippen molar-refractivity contribution in [2.75, 3.05) is 13.1 Å². The highest BCUT2D eigenvalue weighted by Gasteiger charge is 2.18. The Kier molecular flexibility index (Phi) is 4.11. The van der Waals surface area contributed by atoms with Gasteiger partial charge in [-0.1, -0.05) is 12.2 Å². The highest BCUT2D eigenvalue weighted by atomic mass is 16.3. The van der Waals surface area contributed by atoms with E-state index in [1.807, 2.05) is 6.92 Å². The van der Waals surface area contributed by atoms with E-state index in [4.69, 9.17) is 4.42 Å². The van der Waals surface area contributed by atoms with Crippen LogP contribution in [-0.4, -0.2) is 23.9 Å². The van der Waals surface area contributed by atoms with Gasteiger partial charge in [-0.25, -0.2) is 0 Å². The maximum atomic E-state index is 12.1. The van der Waals surface area contributed by atoms with E-state index in [9.17, 15) is 4.79 Å². The first-order valence-electron chi connectivity index (χ1n) is 5.18. The molecule has 1 aromatic rings. The van der Waals surface area contributed by atoms with Crippen LogP contribution in [0.15, 0.2) is 35.8 Å². The summed E-state index contributed by atoms with van der Waals surface area (Å²) >= 11 is 0. The molecular formula is C13H17NO2. The molecule has 1 amide bonds. The molecule has 0 saturated carbocycles. The second kappa shape index (κ2) is 5.35. The van der Waals surface area contributed by atoms with Crippen molar-refractivity contribution in [3.05, 3.63) is 48.5 Å². The Hall–Kier alpha value is -1.77. The number of furan rings is 1. The highest BCUT2D eigenvalue weighted by Crippen LogP contribution is 2.16. The quantitative estimate of drug-likeness (QED) is 0.713. The minimum Gasteiger partial charge on any atom is -0.466 e. The molecule has 0 aliphatic heterocycles. The first-order chi connectivity index (χ1) is 7.60. The van der Waals surface area contributed by atoms with Gasteiger partial charge in [0.05, 0.1) is 5.56 Å². The van der Waals surface area contributed by atoms with Crippen LogP contribution in [0.3, 0.4) is 0 Å². The van der Waals surface area contributed by atoms with E-state index in [1.54, 1.807) is 30.0 Å². The van der Waals surface area contributed by atoms with Crippen LogP contribution in [0, 0.1) is 13.8 Å². The Labute approximate surface area is 96.1 Å². The van der Waals surface area contributed by atoms with Crippen LogP contribution in [0.5, 0.6) is 0 Å². The molecular weight excluding hydrogens is 202 g/mol. The molecule has 0 fully saturated rings. The molecule has 0 saturated heterocycles. The van der Waals surface area contributed by atoms with Gasteiger partial charge in [-0.2, -0.15) is 0 Å². The van der Waals surface area contributed by atoms with Crippen LogP contribution in [0.25, 0.3) is 0 Å². The second-order valence-corrected chi connectivity index (χ2v) is 3.61. The molecule has 1 aromatic heterocycles. The lowest BCUT2D eigenvalue weighted by Gasteiger charge is -2.18. The first kappa shape index (κ1) is 12.3. The largest absolute Gasteiger partial charge is 0.466 e. The van der Waals surface area contributed by atoms with Gasteiger partial charge in [0.25, 0.3) is 5.91 Å². The van der Waals surface area contributed by atoms with Crippen molar-refractivity contribution in [2.45, 2.75) is 13.8 Å². The molecule has 0 bridgehead atoms. The number of carbonyl (C=O) groups is 1. The third-order valence-electron chi connectivity index (χ3n) is 2.26. The zero-order chi connectivity index (χ0) is 12.1. The SMILES string of the molecule is C=CCN(CC=C)C(=O)c1cc(C)oc1C. The number of carbonyl (C=O) groups excluding carboxylic acids is 1. The molecule has 16 heavy (non-hydrogen) atoms. The van der Waals surface area contributed by atoms with Gasteiger partial charge in [-0.15, -0.1) is 13.2 Å². The lowest BCUT2D eigenvalue weighted by atomic mass is 10.2. The summed E-state index contributed by atoms with van der Waals surface area (Å²) in [6.45, 7) is 11.9. The summed E-state index contributed by atoms with van der Waals surface area (Å²) in [5.41, 5.74) is 0.612. The molecule has 1 rings (SSSR count). The lowest BCUT2D eigenvalue weighted by Crippen LogP contribution is -2.31. The maximum Gasteiger partial charge on any atom is 0.257 e. The van der Waals surface area contributed by atoms with E-state index < -0.39 is 0 Å². The Balaban J connectivity index is 2.93. The summed E-state index contributed by atoms with van der Waals surface area (Å²) in [6, 6.07) is 1.76. The smallest absolute Gasteiger partial charge is 0.257 e. The van der Waals surface area contributed by atoms with Gasteiger partial charge >= 0.3 is 0 Å². The third-order valence-corrected chi connectivity index (χ3v) is 2.26. The lowest BCUT2D eigenvalue weighted by molar-refractivity contribution is 0.0789. The molecule has 0 atom stereocenters. The van der Waals surface area contributed by atoms with Crippen LogP contribution >= 0.6 is 0 Å². The van der Waals surface area contributed by atoms with Gasteiger partial charge in [0.15, 0.2) is 0 Å². The minimum atomic E-state index is -0.0471. The standard InChI is InChI=1S/C13H17NO2/c1-5-7-14(8-6-2)13(15)12-9-10(3)16-11(12)4/h5-6,9H,1-2,7-8H2,3-4H3. The van der Waals surface area contributed by atoms with E-state index in [-0.39, 0.29) is 5.91 Å². The van der Waals surface area contributed by atoms with Crippen molar-refractivity contribution in [3.8, 4) is 0 Å². The van der Waals surface area contributed by atoms with Gasteiger partial charge in [0.2, 0.25) is 0 Å². The second-order valence-electron chi connectivity index (χ2n) is 3.61. The summed E-state index contributed by atoms with van der Waals surface area (Å²) < 4.78 is 5.34. The molecule has 0 spiro atoms. The number of nitrogens with zero attached hydrogens (tertiary/aromatic N) is 1. The minimum absolute atomic E-state index is 0.0471. The van der Waals surface area contributed by atoms with Crippen LogP contribution in [0.4, 0.5) is 0 Å². The Morgan fingerprint density at radius 2 is 1.94 bits per heavy atom. The van der Waals surface area contributed by atoms with Crippen molar-refractivity contribution in [3.63, 3.8) is 0 Å². The fourth-order valence-corrected chi connectivity index (χ4v) is 1.57. The molecule has 3 nitrogen and oxygen atoms in total. The summed E-state index contributed by atoms with van der Waals surface area (Å²) in [6.07, 6.45) is 3.40. The van der Waals surface area contributed by atoms with Gasteiger partial charge in [-0.3, -0.25) is 4.79 Å². The highest BCUT2D eigenvalue weighted by molar-refractivity contribution is 5.95. The van der Waals surface area contributed by atoms with Crippen LogP contribution in [0.2, 0.25) is 0 Å². The third kappa shape index (κ3) is 2.63. The molecule has 86 valence electrons. The van der Waals surface area contributed by atoms with Crippen molar-refractivity contribution in [2.24, 2.45) is 0 Å². The Morgan fingerprint density at radius 3 is 2.31 bits per heavy atom. The number of hydrogen-bond donors (Lipinski definition) is 0. The number of amides is 1. The van der Waals surface area contributed by atoms with Crippen LogP contribution < -0.4 is 0 Å². The predicted molar refractivity (Wildman–Crippen MR) is 64.5 cm³/mol. The average molecular weight is 219 g/mol. The topological polar surface area (TPSA) is 33.5 Å². The zero-order valence-corrected chi connectivity index (χ0v) is 9.82. The van der Waals surface area contributed by atoms with Gasteiger partial charge in [0.1, 0.15) is 11.5 Å². The molecule has 0 aliphatic rings. The van der Waals surface area contributed by atoms with E-state index in [1.165, 1.54) is 0 Å². The first-order valence-corrected chi connectivity index (χ1v) is 5.18. The van der Waals surface area contributed by atoms with Crippen molar-refractivity contribution in [1.82, 2.24) is 4.90 Å². The zero-order valence-electron chi connectivity index (χ0n) is 9.82. The van der Waals surface area contributed by atoms with Crippen molar-refractivity contribution in [1.29, 1.82) is 0 Å². The molecule has 0 aliphatic carbocycles. The fourth-order valence-electron chi connectivity index (χ4n) is 1.57. The number of hydrogen-bond acceptors (Lipinski definition) is 2. The molecule has 3 heteroatoms. The predicted octanol–water partition coefficient (Wildman–Crippen LogP) is 2.71. The number of rotatable bonds is 5. The van der Waals surface area contributed by atoms with Crippen LogP contribution in [-0.2, 0) is 0 Å². The van der Waals surface area contributed by atoms with Gasteiger partial charge in [0, 0.05) is 13.1 Å². The number of aryl methyl sites for hydroxylation is 2. The molecule has 1 heterocycles. The van der Waals surface area contributed by atoms with E-state index in [2.05, 4.69) is 13.2 Å². The summed E-state index contributed by atoms with van der Waals surface area (Å²) in [5, 5.41) is 0. The molecule has 0 radical (unpaired) electrons. The fraction of sp³-hybridized carbons (Fsp3) is 0.308. The maximum absolute atomic E-state index is 12.1. The van der Waals surface area contributed by atoms with E-state index in [0.29, 0.717) is 24.4 Å². The van der Waals surface area contributed by atoms with Crippen LogP contribution in [0.1, 0.15) is 21.9 Å². The average Bonchev–Trinajstić information content (AvgIpc) is 2.56. The van der Waals surface area contributed by atoms with Gasteiger partial charge in [-0.05, 0) is 19.9 Å². The normalized spacial score (nSPS) is 9.88. The summed E-state index contributed by atoms with van der Waals surface area (Å²) in [7, 11) is 0. The Bertz CT molecular complexity index is 394.